The first kappa shape index (κ1) is 15.2. The Labute approximate surface area is 143 Å². The van der Waals surface area contributed by atoms with E-state index in [0.717, 1.165) is 39.8 Å². The summed E-state index contributed by atoms with van der Waals surface area (Å²) in [6, 6.07) is 5.92. The highest BCUT2D eigenvalue weighted by molar-refractivity contribution is 7.15. The molecule has 7 heteroatoms. The van der Waals surface area contributed by atoms with Crippen LogP contribution in [0.15, 0.2) is 29.8 Å². The van der Waals surface area contributed by atoms with Gasteiger partial charge in [-0.1, -0.05) is 0 Å². The van der Waals surface area contributed by atoms with Gasteiger partial charge in [-0.2, -0.15) is 0 Å². The van der Waals surface area contributed by atoms with Crippen molar-refractivity contribution in [2.75, 3.05) is 18.6 Å². The van der Waals surface area contributed by atoms with E-state index in [-0.39, 0.29) is 18.6 Å². The Morgan fingerprint density at radius 3 is 3.08 bits per heavy atom. The molecule has 0 radical (unpaired) electrons. The number of likely N-dealkylation sites (N-methyl/N-ethyl adjacent to an activating group) is 1. The summed E-state index contributed by atoms with van der Waals surface area (Å²) in [6.45, 7) is 2.08. The Balaban J connectivity index is 1.75. The fourth-order valence-corrected chi connectivity index (χ4v) is 3.76. The second-order valence-electron chi connectivity index (χ2n) is 6.11. The van der Waals surface area contributed by atoms with Crippen molar-refractivity contribution in [3.63, 3.8) is 0 Å². The van der Waals surface area contributed by atoms with E-state index in [1.807, 2.05) is 31.3 Å². The summed E-state index contributed by atoms with van der Waals surface area (Å²) < 4.78 is 7.57. The fraction of sp³-hybridized carbons (Fsp3) is 0.294. The SMILES string of the molecule is CC(N)Cc1csc2nc(-c3ccc4c(c3)N(C)C(=O)CO4)cn12. The largest absolute Gasteiger partial charge is 0.482 e. The topological polar surface area (TPSA) is 72.9 Å². The summed E-state index contributed by atoms with van der Waals surface area (Å²) >= 11 is 1.61. The summed E-state index contributed by atoms with van der Waals surface area (Å²) in [6.07, 6.45) is 2.84. The molecule has 0 saturated heterocycles. The molecule has 0 fully saturated rings. The molecular formula is C17H18N4O2S. The van der Waals surface area contributed by atoms with E-state index in [0.29, 0.717) is 0 Å². The van der Waals surface area contributed by atoms with Crippen LogP contribution in [-0.4, -0.2) is 35.0 Å². The van der Waals surface area contributed by atoms with Crippen molar-refractivity contribution in [2.24, 2.45) is 5.73 Å². The molecule has 1 atom stereocenters. The third-order valence-electron chi connectivity index (χ3n) is 4.16. The molecule has 1 aromatic carbocycles. The summed E-state index contributed by atoms with van der Waals surface area (Å²) in [5, 5.41) is 2.10. The standard InChI is InChI=1S/C17H18N4O2S/c1-10(18)5-12-9-24-17-19-13(7-21(12)17)11-3-4-15-14(6-11)20(2)16(22)8-23-15/h3-4,6-7,9-10H,5,8,18H2,1-2H3. The lowest BCUT2D eigenvalue weighted by molar-refractivity contribution is -0.120. The zero-order chi connectivity index (χ0) is 16.8. The number of amides is 1. The lowest BCUT2D eigenvalue weighted by Crippen LogP contribution is -2.35. The van der Waals surface area contributed by atoms with Crippen molar-refractivity contribution in [3.05, 3.63) is 35.5 Å². The molecule has 1 unspecified atom stereocenters. The lowest BCUT2D eigenvalue weighted by atomic mass is 10.1. The Morgan fingerprint density at radius 2 is 2.29 bits per heavy atom. The minimum absolute atomic E-state index is 0.0512. The number of benzene rings is 1. The second kappa shape index (κ2) is 5.61. The summed E-state index contributed by atoms with van der Waals surface area (Å²) in [5.41, 5.74) is 9.69. The first-order chi connectivity index (χ1) is 11.5. The molecule has 0 aliphatic carbocycles. The van der Waals surface area contributed by atoms with Crippen molar-refractivity contribution in [2.45, 2.75) is 19.4 Å². The molecule has 0 saturated carbocycles. The van der Waals surface area contributed by atoms with Crippen LogP contribution >= 0.6 is 11.3 Å². The van der Waals surface area contributed by atoms with Gasteiger partial charge >= 0.3 is 0 Å². The van der Waals surface area contributed by atoms with Crippen molar-refractivity contribution < 1.29 is 9.53 Å². The van der Waals surface area contributed by atoms with Crippen LogP contribution < -0.4 is 15.4 Å². The third-order valence-corrected chi connectivity index (χ3v) is 5.04. The summed E-state index contributed by atoms with van der Waals surface area (Å²) in [5.74, 6) is 0.671. The van der Waals surface area contributed by atoms with E-state index in [1.165, 1.54) is 0 Å². The number of aromatic nitrogens is 2. The van der Waals surface area contributed by atoms with Gasteiger partial charge in [-0.3, -0.25) is 9.20 Å². The number of anilines is 1. The highest BCUT2D eigenvalue weighted by Gasteiger charge is 2.23. The van der Waals surface area contributed by atoms with Crippen LogP contribution in [0.5, 0.6) is 5.75 Å². The van der Waals surface area contributed by atoms with Crippen LogP contribution in [0.2, 0.25) is 0 Å². The molecule has 2 N–H and O–H groups in total. The predicted octanol–water partition coefficient (Wildman–Crippen LogP) is 2.31. The minimum Gasteiger partial charge on any atom is -0.482 e. The maximum Gasteiger partial charge on any atom is 0.264 e. The predicted molar refractivity (Wildman–Crippen MR) is 94.8 cm³/mol. The first-order valence-electron chi connectivity index (χ1n) is 7.78. The van der Waals surface area contributed by atoms with Gasteiger partial charge in [0.2, 0.25) is 0 Å². The zero-order valence-corrected chi connectivity index (χ0v) is 14.3. The van der Waals surface area contributed by atoms with E-state index < -0.39 is 0 Å². The maximum atomic E-state index is 11.8. The third kappa shape index (κ3) is 2.46. The number of ether oxygens (including phenoxy) is 1. The molecule has 1 aliphatic heterocycles. The summed E-state index contributed by atoms with van der Waals surface area (Å²) in [7, 11) is 1.76. The Kier molecular flexibility index (Phi) is 3.54. The number of nitrogens with two attached hydrogens (primary N) is 1. The average molecular weight is 342 g/mol. The van der Waals surface area contributed by atoms with Gasteiger partial charge in [-0.15, -0.1) is 11.3 Å². The summed E-state index contributed by atoms with van der Waals surface area (Å²) in [4.78, 5) is 19.1. The second-order valence-corrected chi connectivity index (χ2v) is 6.95. The van der Waals surface area contributed by atoms with Crippen molar-refractivity contribution in [1.29, 1.82) is 0 Å². The monoisotopic (exact) mass is 342 g/mol. The number of nitrogens with zero attached hydrogens (tertiary/aromatic N) is 3. The van der Waals surface area contributed by atoms with Gasteiger partial charge in [0, 0.05) is 42.3 Å². The smallest absolute Gasteiger partial charge is 0.264 e. The maximum absolute atomic E-state index is 11.8. The highest BCUT2D eigenvalue weighted by Crippen LogP contribution is 2.35. The molecule has 0 bridgehead atoms. The van der Waals surface area contributed by atoms with Crippen molar-refractivity contribution >= 4 is 27.9 Å². The molecule has 6 nitrogen and oxygen atoms in total. The van der Waals surface area contributed by atoms with Gasteiger partial charge in [-0.25, -0.2) is 4.98 Å². The van der Waals surface area contributed by atoms with Crippen LogP contribution in [0.4, 0.5) is 5.69 Å². The molecule has 3 aromatic rings. The number of hydrogen-bond donors (Lipinski definition) is 1. The lowest BCUT2D eigenvalue weighted by Gasteiger charge is -2.26. The van der Waals surface area contributed by atoms with Crippen molar-refractivity contribution in [1.82, 2.24) is 9.38 Å². The van der Waals surface area contributed by atoms with Crippen molar-refractivity contribution in [3.8, 4) is 17.0 Å². The highest BCUT2D eigenvalue weighted by atomic mass is 32.1. The average Bonchev–Trinajstić information content (AvgIpc) is 3.12. The minimum atomic E-state index is -0.0512. The molecule has 24 heavy (non-hydrogen) atoms. The number of imidazole rings is 1. The number of carbonyl (C=O) groups is 1. The van der Waals surface area contributed by atoms with E-state index in [9.17, 15) is 4.79 Å². The molecule has 1 aliphatic rings. The molecule has 0 spiro atoms. The zero-order valence-electron chi connectivity index (χ0n) is 13.5. The van der Waals surface area contributed by atoms with Crippen LogP contribution in [-0.2, 0) is 11.2 Å². The molecule has 4 rings (SSSR count). The van der Waals surface area contributed by atoms with Gasteiger partial charge in [0.25, 0.3) is 5.91 Å². The van der Waals surface area contributed by atoms with Crippen LogP contribution in [0.1, 0.15) is 12.6 Å². The normalized spacial score (nSPS) is 15.5. The molecule has 124 valence electrons. The molecular weight excluding hydrogens is 324 g/mol. The number of fused-ring (bicyclic) bond motifs is 2. The first-order valence-corrected chi connectivity index (χ1v) is 8.65. The van der Waals surface area contributed by atoms with Gasteiger partial charge < -0.3 is 15.4 Å². The van der Waals surface area contributed by atoms with E-state index >= 15 is 0 Å². The number of hydrogen-bond acceptors (Lipinski definition) is 5. The van der Waals surface area contributed by atoms with E-state index in [2.05, 4.69) is 9.78 Å². The van der Waals surface area contributed by atoms with Crippen LogP contribution in [0, 0.1) is 0 Å². The number of thiazole rings is 1. The number of rotatable bonds is 3. The van der Waals surface area contributed by atoms with Gasteiger partial charge in [0.05, 0.1) is 11.4 Å². The Hall–Kier alpha value is -2.38. The van der Waals surface area contributed by atoms with E-state index in [4.69, 9.17) is 15.5 Å². The quantitative estimate of drug-likeness (QED) is 0.793. The van der Waals surface area contributed by atoms with Crippen LogP contribution in [0.25, 0.3) is 16.2 Å². The Morgan fingerprint density at radius 1 is 1.46 bits per heavy atom. The van der Waals surface area contributed by atoms with Gasteiger partial charge in [0.1, 0.15) is 5.75 Å². The molecule has 3 heterocycles. The Bertz CT molecular complexity index is 928. The fourth-order valence-electron chi connectivity index (χ4n) is 2.88. The molecule has 2 aromatic heterocycles. The van der Waals surface area contributed by atoms with Gasteiger partial charge in [-0.05, 0) is 25.1 Å². The van der Waals surface area contributed by atoms with Gasteiger partial charge in [0.15, 0.2) is 11.6 Å². The van der Waals surface area contributed by atoms with Crippen LogP contribution in [0.3, 0.4) is 0 Å². The van der Waals surface area contributed by atoms with E-state index in [1.54, 1.807) is 23.3 Å². The molecule has 1 amide bonds. The number of carbonyl (C=O) groups excluding carboxylic acids is 1.